The first-order valence-electron chi connectivity index (χ1n) is 11.0. The molecule has 170 valence electrons. The molecule has 2 heterocycles. The van der Waals surface area contributed by atoms with E-state index in [-0.39, 0.29) is 11.3 Å². The van der Waals surface area contributed by atoms with Crippen LogP contribution in [0.25, 0.3) is 16.5 Å². The molecule has 0 spiro atoms. The van der Waals surface area contributed by atoms with Gasteiger partial charge < -0.3 is 14.4 Å². The lowest BCUT2D eigenvalue weighted by atomic mass is 9.96. The molecule has 1 aliphatic rings. The van der Waals surface area contributed by atoms with Crippen LogP contribution in [0, 0.1) is 6.92 Å². The molecule has 3 aromatic carbocycles. The first-order valence-corrected chi connectivity index (χ1v) is 11.0. The van der Waals surface area contributed by atoms with Gasteiger partial charge in [-0.2, -0.15) is 0 Å². The summed E-state index contributed by atoms with van der Waals surface area (Å²) in [5.74, 6) is -0.620. The lowest BCUT2D eigenvalue weighted by molar-refractivity contribution is -0.132. The third-order valence-corrected chi connectivity index (χ3v) is 6.16. The zero-order valence-corrected chi connectivity index (χ0v) is 19.1. The molecular weight excluding hydrogens is 428 g/mol. The number of ketones is 1. The number of carbonyl (C=O) groups excluding carboxylic acids is 2. The smallest absolute Gasteiger partial charge is 0.300 e. The van der Waals surface area contributed by atoms with E-state index in [1.807, 2.05) is 67.5 Å². The summed E-state index contributed by atoms with van der Waals surface area (Å²) < 4.78 is 5.88. The summed E-state index contributed by atoms with van der Waals surface area (Å²) in [7, 11) is 3.86. The van der Waals surface area contributed by atoms with E-state index in [9.17, 15) is 14.7 Å². The number of anilines is 2. The summed E-state index contributed by atoms with van der Waals surface area (Å²) in [6.07, 6.45) is 0. The highest BCUT2D eigenvalue weighted by Gasteiger charge is 2.48. The van der Waals surface area contributed by atoms with Gasteiger partial charge in [-0.05, 0) is 54.1 Å². The van der Waals surface area contributed by atoms with E-state index in [2.05, 4.69) is 0 Å². The van der Waals surface area contributed by atoms with Crippen LogP contribution in [0.4, 0.5) is 11.4 Å². The number of aliphatic hydroxyl groups excluding tert-OH is 1. The summed E-state index contributed by atoms with van der Waals surface area (Å²) in [6.45, 7) is 1.80. The molecule has 1 aliphatic heterocycles. The second kappa shape index (κ2) is 8.23. The number of nitrogens with zero attached hydrogens (tertiary/aromatic N) is 2. The van der Waals surface area contributed by atoms with E-state index in [1.54, 1.807) is 37.3 Å². The summed E-state index contributed by atoms with van der Waals surface area (Å²) in [5, 5.41) is 13.2. The molecule has 0 bridgehead atoms. The number of fused-ring (bicyclic) bond motifs is 1. The Morgan fingerprint density at radius 2 is 1.62 bits per heavy atom. The van der Waals surface area contributed by atoms with Crippen LogP contribution in [0.15, 0.2) is 88.9 Å². The molecular formula is C28H24N2O4. The Labute approximate surface area is 197 Å². The largest absolute Gasteiger partial charge is 0.507 e. The topological polar surface area (TPSA) is 74.0 Å². The van der Waals surface area contributed by atoms with Gasteiger partial charge in [0.25, 0.3) is 11.7 Å². The van der Waals surface area contributed by atoms with Gasteiger partial charge in [-0.25, -0.2) is 0 Å². The fraction of sp³-hybridized carbons (Fsp3) is 0.143. The maximum Gasteiger partial charge on any atom is 0.300 e. The van der Waals surface area contributed by atoms with Gasteiger partial charge in [-0.1, -0.05) is 42.5 Å². The van der Waals surface area contributed by atoms with Gasteiger partial charge in [0.1, 0.15) is 23.3 Å². The molecule has 4 aromatic rings. The molecule has 5 rings (SSSR count). The molecule has 34 heavy (non-hydrogen) atoms. The minimum Gasteiger partial charge on any atom is -0.507 e. The summed E-state index contributed by atoms with van der Waals surface area (Å²) in [6, 6.07) is 23.1. The normalized spacial score (nSPS) is 17.5. The standard InChI is InChI=1S/C28H24N2O4/c1-17-11-16-23(34-17)25-24(26(31)22-10-6-8-18-7-4-5-9-21(18)22)27(32)28(33)30(25)20-14-12-19(13-15-20)29(2)3/h4-16,25,31H,1-3H3/b26-24-. The molecule has 1 fully saturated rings. The van der Waals surface area contributed by atoms with E-state index in [0.29, 0.717) is 22.8 Å². The van der Waals surface area contributed by atoms with Crippen LogP contribution >= 0.6 is 0 Å². The van der Waals surface area contributed by atoms with Crippen molar-refractivity contribution in [1.29, 1.82) is 0 Å². The molecule has 1 aromatic heterocycles. The molecule has 1 saturated heterocycles. The molecule has 6 heteroatoms. The van der Waals surface area contributed by atoms with E-state index in [4.69, 9.17) is 4.42 Å². The molecule has 6 nitrogen and oxygen atoms in total. The van der Waals surface area contributed by atoms with Crippen molar-refractivity contribution in [2.75, 3.05) is 23.9 Å². The maximum absolute atomic E-state index is 13.3. The lowest BCUT2D eigenvalue weighted by Gasteiger charge is -2.24. The monoisotopic (exact) mass is 452 g/mol. The average Bonchev–Trinajstić information content (AvgIpc) is 3.39. The van der Waals surface area contributed by atoms with Crippen molar-refractivity contribution in [3.63, 3.8) is 0 Å². The van der Waals surface area contributed by atoms with Crippen molar-refractivity contribution in [3.8, 4) is 0 Å². The van der Waals surface area contributed by atoms with Crippen LogP contribution in [-0.2, 0) is 9.59 Å². The Morgan fingerprint density at radius 1 is 0.912 bits per heavy atom. The lowest BCUT2D eigenvalue weighted by Crippen LogP contribution is -2.29. The fourth-order valence-electron chi connectivity index (χ4n) is 4.46. The van der Waals surface area contributed by atoms with Crippen molar-refractivity contribution >= 4 is 39.6 Å². The summed E-state index contributed by atoms with van der Waals surface area (Å²) in [4.78, 5) is 30.0. The maximum atomic E-state index is 13.3. The Morgan fingerprint density at radius 3 is 2.29 bits per heavy atom. The highest BCUT2D eigenvalue weighted by atomic mass is 16.3. The first kappa shape index (κ1) is 21.5. The first-order chi connectivity index (χ1) is 16.4. The number of benzene rings is 3. The second-order valence-electron chi connectivity index (χ2n) is 8.56. The number of rotatable bonds is 4. The van der Waals surface area contributed by atoms with Gasteiger partial charge in [-0.3, -0.25) is 14.5 Å². The SMILES string of the molecule is Cc1ccc(C2/C(=C(/O)c3cccc4ccccc34)C(=O)C(=O)N2c2ccc(N(C)C)cc2)o1. The van der Waals surface area contributed by atoms with Gasteiger partial charge in [0.15, 0.2) is 0 Å². The van der Waals surface area contributed by atoms with Gasteiger partial charge in [0.05, 0.1) is 5.57 Å². The Bertz CT molecular complexity index is 1440. The molecule has 0 saturated carbocycles. The molecule has 1 amide bonds. The zero-order valence-electron chi connectivity index (χ0n) is 19.1. The van der Waals surface area contributed by atoms with Crippen LogP contribution in [0.3, 0.4) is 0 Å². The Balaban J connectivity index is 1.73. The third-order valence-electron chi connectivity index (χ3n) is 6.16. The summed E-state index contributed by atoms with van der Waals surface area (Å²) in [5.41, 5.74) is 2.00. The number of hydrogen-bond donors (Lipinski definition) is 1. The van der Waals surface area contributed by atoms with E-state index >= 15 is 0 Å². The minimum atomic E-state index is -0.891. The van der Waals surface area contributed by atoms with Crippen LogP contribution in [0.1, 0.15) is 23.1 Å². The van der Waals surface area contributed by atoms with Crippen molar-refractivity contribution in [2.24, 2.45) is 0 Å². The number of amides is 1. The van der Waals surface area contributed by atoms with Gasteiger partial charge in [0, 0.05) is 31.0 Å². The van der Waals surface area contributed by atoms with Crippen LogP contribution in [0.5, 0.6) is 0 Å². The highest BCUT2D eigenvalue weighted by Crippen LogP contribution is 2.43. The Hall–Kier alpha value is -4.32. The molecule has 0 radical (unpaired) electrons. The Kier molecular flexibility index (Phi) is 5.21. The van der Waals surface area contributed by atoms with E-state index in [0.717, 1.165) is 16.5 Å². The van der Waals surface area contributed by atoms with Crippen molar-refractivity contribution in [3.05, 3.63) is 102 Å². The van der Waals surface area contributed by atoms with E-state index in [1.165, 1.54) is 4.90 Å². The van der Waals surface area contributed by atoms with Crippen LogP contribution < -0.4 is 9.80 Å². The number of Topliss-reactive ketones (excluding diaryl/α,β-unsaturated/α-hetero) is 1. The number of hydrogen-bond acceptors (Lipinski definition) is 5. The average molecular weight is 453 g/mol. The molecule has 1 atom stereocenters. The third kappa shape index (κ3) is 3.44. The second-order valence-corrected chi connectivity index (χ2v) is 8.56. The molecule has 0 aliphatic carbocycles. The number of furan rings is 1. The molecule has 1 N–H and O–H groups in total. The highest BCUT2D eigenvalue weighted by molar-refractivity contribution is 6.51. The van der Waals surface area contributed by atoms with Gasteiger partial charge in [-0.15, -0.1) is 0 Å². The summed E-state index contributed by atoms with van der Waals surface area (Å²) >= 11 is 0. The van der Waals surface area contributed by atoms with Gasteiger partial charge >= 0.3 is 0 Å². The van der Waals surface area contributed by atoms with Crippen LogP contribution in [0.2, 0.25) is 0 Å². The molecule has 1 unspecified atom stereocenters. The number of aryl methyl sites for hydroxylation is 1. The fourth-order valence-corrected chi connectivity index (χ4v) is 4.46. The zero-order chi connectivity index (χ0) is 24.0. The van der Waals surface area contributed by atoms with Crippen molar-refractivity contribution in [1.82, 2.24) is 0 Å². The predicted octanol–water partition coefficient (Wildman–Crippen LogP) is 5.43. The van der Waals surface area contributed by atoms with E-state index < -0.39 is 17.7 Å². The number of aliphatic hydroxyl groups is 1. The van der Waals surface area contributed by atoms with Crippen LogP contribution in [-0.4, -0.2) is 30.9 Å². The van der Waals surface area contributed by atoms with Crippen molar-refractivity contribution in [2.45, 2.75) is 13.0 Å². The van der Waals surface area contributed by atoms with Crippen molar-refractivity contribution < 1.29 is 19.1 Å². The minimum absolute atomic E-state index is 0.00684. The quantitative estimate of drug-likeness (QED) is 0.254. The predicted molar refractivity (Wildman–Crippen MR) is 133 cm³/mol. The number of carbonyl (C=O) groups is 2. The van der Waals surface area contributed by atoms with Gasteiger partial charge in [0.2, 0.25) is 0 Å².